The monoisotopic (exact) mass is 329 g/mol. The maximum absolute atomic E-state index is 12.2. The van der Waals surface area contributed by atoms with Crippen LogP contribution in [-0.2, 0) is 14.8 Å². The molecule has 0 aromatic heterocycles. The molecular weight excluding hydrogens is 310 g/mol. The van der Waals surface area contributed by atoms with Crippen molar-refractivity contribution in [3.8, 4) is 0 Å². The minimum atomic E-state index is -3.75. The third kappa shape index (κ3) is 4.48. The van der Waals surface area contributed by atoms with Crippen molar-refractivity contribution in [2.24, 2.45) is 5.73 Å². The molecule has 0 unspecified atom stereocenters. The SMILES string of the molecule is CCN(C)C(=O)CNS(=O)(=O)c1ccc(C(N)=S)cc1C. The summed E-state index contributed by atoms with van der Waals surface area (Å²) in [5, 5.41) is 0. The zero-order valence-corrected chi connectivity index (χ0v) is 13.8. The summed E-state index contributed by atoms with van der Waals surface area (Å²) in [4.78, 5) is 13.4. The molecule has 1 aromatic rings. The van der Waals surface area contributed by atoms with E-state index in [-0.39, 0.29) is 22.3 Å². The first kappa shape index (κ1) is 17.5. The largest absolute Gasteiger partial charge is 0.389 e. The van der Waals surface area contributed by atoms with Crippen LogP contribution in [0.1, 0.15) is 18.1 Å². The lowest BCUT2D eigenvalue weighted by atomic mass is 10.1. The molecule has 1 aromatic carbocycles. The van der Waals surface area contributed by atoms with Gasteiger partial charge in [-0.15, -0.1) is 0 Å². The van der Waals surface area contributed by atoms with Crippen LogP contribution >= 0.6 is 12.2 Å². The third-order valence-electron chi connectivity index (χ3n) is 3.06. The maximum Gasteiger partial charge on any atom is 0.241 e. The van der Waals surface area contributed by atoms with Gasteiger partial charge in [0.2, 0.25) is 15.9 Å². The Morgan fingerprint density at radius 1 is 1.43 bits per heavy atom. The van der Waals surface area contributed by atoms with Gasteiger partial charge < -0.3 is 10.6 Å². The van der Waals surface area contributed by atoms with E-state index in [2.05, 4.69) is 4.72 Å². The lowest BCUT2D eigenvalue weighted by Gasteiger charge is -2.15. The molecule has 0 bridgehead atoms. The molecule has 0 aliphatic rings. The highest BCUT2D eigenvalue weighted by atomic mass is 32.2. The van der Waals surface area contributed by atoms with Crippen LogP contribution < -0.4 is 10.5 Å². The number of carbonyl (C=O) groups is 1. The first-order chi connectivity index (χ1) is 9.69. The lowest BCUT2D eigenvalue weighted by Crippen LogP contribution is -2.38. The smallest absolute Gasteiger partial charge is 0.241 e. The second-order valence-corrected chi connectivity index (χ2v) is 6.75. The second-order valence-electron chi connectivity index (χ2n) is 4.58. The van der Waals surface area contributed by atoms with Crippen molar-refractivity contribution in [3.63, 3.8) is 0 Å². The van der Waals surface area contributed by atoms with E-state index in [9.17, 15) is 13.2 Å². The summed E-state index contributed by atoms with van der Waals surface area (Å²) in [5.74, 6) is -0.293. The van der Waals surface area contributed by atoms with Crippen molar-refractivity contribution in [3.05, 3.63) is 29.3 Å². The number of thiocarbonyl (C=S) groups is 1. The Balaban J connectivity index is 2.94. The van der Waals surface area contributed by atoms with Crippen molar-refractivity contribution in [2.45, 2.75) is 18.7 Å². The van der Waals surface area contributed by atoms with Crippen LogP contribution in [0.25, 0.3) is 0 Å². The van der Waals surface area contributed by atoms with E-state index in [0.717, 1.165) is 0 Å². The van der Waals surface area contributed by atoms with Crippen molar-refractivity contribution in [1.29, 1.82) is 0 Å². The van der Waals surface area contributed by atoms with Gasteiger partial charge in [-0.05, 0) is 31.5 Å². The number of hydrogen-bond acceptors (Lipinski definition) is 4. The quantitative estimate of drug-likeness (QED) is 0.736. The van der Waals surface area contributed by atoms with Crippen LogP contribution in [-0.4, -0.2) is 44.4 Å². The Kier molecular flexibility index (Phi) is 5.82. The van der Waals surface area contributed by atoms with E-state index in [0.29, 0.717) is 17.7 Å². The summed E-state index contributed by atoms with van der Waals surface area (Å²) in [6.07, 6.45) is 0. The summed E-state index contributed by atoms with van der Waals surface area (Å²) < 4.78 is 26.7. The lowest BCUT2D eigenvalue weighted by molar-refractivity contribution is -0.128. The molecule has 116 valence electrons. The zero-order valence-electron chi connectivity index (χ0n) is 12.2. The van der Waals surface area contributed by atoms with E-state index in [1.165, 1.54) is 11.0 Å². The van der Waals surface area contributed by atoms with Crippen LogP contribution in [0, 0.1) is 6.92 Å². The Morgan fingerprint density at radius 3 is 2.52 bits per heavy atom. The molecule has 3 N–H and O–H groups in total. The van der Waals surface area contributed by atoms with E-state index < -0.39 is 10.0 Å². The fourth-order valence-electron chi connectivity index (χ4n) is 1.65. The first-order valence-electron chi connectivity index (χ1n) is 6.33. The zero-order chi connectivity index (χ0) is 16.2. The number of amides is 1. The molecule has 0 saturated carbocycles. The summed E-state index contributed by atoms with van der Waals surface area (Å²) in [6, 6.07) is 4.58. The van der Waals surface area contributed by atoms with Gasteiger partial charge in [0.1, 0.15) is 4.99 Å². The number of nitrogens with zero attached hydrogens (tertiary/aromatic N) is 1. The number of aryl methyl sites for hydroxylation is 1. The van der Waals surface area contributed by atoms with Gasteiger partial charge in [-0.2, -0.15) is 0 Å². The molecule has 0 aliphatic heterocycles. The highest BCUT2D eigenvalue weighted by Crippen LogP contribution is 2.16. The van der Waals surface area contributed by atoms with Crippen molar-refractivity contribution in [1.82, 2.24) is 9.62 Å². The fourth-order valence-corrected chi connectivity index (χ4v) is 2.98. The average molecular weight is 329 g/mol. The molecule has 0 aliphatic carbocycles. The molecule has 21 heavy (non-hydrogen) atoms. The highest BCUT2D eigenvalue weighted by molar-refractivity contribution is 7.89. The average Bonchev–Trinajstić information content (AvgIpc) is 2.43. The molecular formula is C13H19N3O3S2. The standard InChI is InChI=1S/C13H19N3O3S2/c1-4-16(3)12(17)8-15-21(18,19)11-6-5-10(13(14)20)7-9(11)2/h5-7,15H,4,8H2,1-3H3,(H2,14,20). The van der Waals surface area contributed by atoms with Gasteiger partial charge in [-0.3, -0.25) is 4.79 Å². The number of hydrogen-bond donors (Lipinski definition) is 2. The normalized spacial score (nSPS) is 11.2. The third-order valence-corrected chi connectivity index (χ3v) is 4.86. The molecule has 1 amide bonds. The first-order valence-corrected chi connectivity index (χ1v) is 8.22. The Morgan fingerprint density at radius 2 is 2.05 bits per heavy atom. The minimum absolute atomic E-state index is 0.106. The Hall–Kier alpha value is -1.51. The molecule has 0 spiro atoms. The number of nitrogens with one attached hydrogen (secondary N) is 1. The van der Waals surface area contributed by atoms with Gasteiger partial charge in [0.25, 0.3) is 0 Å². The second kappa shape index (κ2) is 6.97. The van der Waals surface area contributed by atoms with Gasteiger partial charge in [-0.1, -0.05) is 18.3 Å². The molecule has 6 nitrogen and oxygen atoms in total. The van der Waals surface area contributed by atoms with E-state index in [4.69, 9.17) is 18.0 Å². The summed E-state index contributed by atoms with van der Waals surface area (Å²) >= 11 is 4.85. The molecule has 1 rings (SSSR count). The van der Waals surface area contributed by atoms with Crippen LogP contribution in [0.4, 0.5) is 0 Å². The van der Waals surface area contributed by atoms with Gasteiger partial charge in [0.05, 0.1) is 11.4 Å². The Labute approximate surface area is 130 Å². The van der Waals surface area contributed by atoms with E-state index in [1.807, 2.05) is 6.92 Å². The predicted molar refractivity (Wildman–Crippen MR) is 85.6 cm³/mol. The van der Waals surface area contributed by atoms with Crippen LogP contribution in [0.2, 0.25) is 0 Å². The van der Waals surface area contributed by atoms with Crippen LogP contribution in [0.15, 0.2) is 23.1 Å². The van der Waals surface area contributed by atoms with Crippen LogP contribution in [0.5, 0.6) is 0 Å². The predicted octanol–water partition coefficient (Wildman–Crippen LogP) is 0.386. The van der Waals surface area contributed by atoms with Crippen molar-refractivity contribution >= 4 is 33.1 Å². The molecule has 0 heterocycles. The number of sulfonamides is 1. The highest BCUT2D eigenvalue weighted by Gasteiger charge is 2.19. The summed E-state index contributed by atoms with van der Waals surface area (Å²) in [7, 11) is -2.14. The van der Waals surface area contributed by atoms with Crippen LogP contribution in [0.3, 0.4) is 0 Å². The van der Waals surface area contributed by atoms with E-state index >= 15 is 0 Å². The van der Waals surface area contributed by atoms with Gasteiger partial charge in [-0.25, -0.2) is 13.1 Å². The van der Waals surface area contributed by atoms with Gasteiger partial charge >= 0.3 is 0 Å². The number of nitrogens with two attached hydrogens (primary N) is 1. The molecule has 0 radical (unpaired) electrons. The number of benzene rings is 1. The van der Waals surface area contributed by atoms with E-state index in [1.54, 1.807) is 26.1 Å². The van der Waals surface area contributed by atoms with Crippen molar-refractivity contribution < 1.29 is 13.2 Å². The van der Waals surface area contributed by atoms with Crippen molar-refractivity contribution in [2.75, 3.05) is 20.1 Å². The number of rotatable bonds is 6. The minimum Gasteiger partial charge on any atom is -0.389 e. The Bertz CT molecular complexity index is 657. The molecule has 0 saturated heterocycles. The van der Waals surface area contributed by atoms with Gasteiger partial charge in [0, 0.05) is 19.2 Å². The molecule has 0 fully saturated rings. The maximum atomic E-state index is 12.2. The molecule has 8 heteroatoms. The molecule has 0 atom stereocenters. The number of carbonyl (C=O) groups excluding carboxylic acids is 1. The summed E-state index contributed by atoms with van der Waals surface area (Å²) in [5.41, 5.74) is 6.62. The fraction of sp³-hybridized carbons (Fsp3) is 0.385. The summed E-state index contributed by atoms with van der Waals surface area (Å²) in [6.45, 7) is 3.70. The van der Waals surface area contributed by atoms with Gasteiger partial charge in [0.15, 0.2) is 0 Å². The number of likely N-dealkylation sites (N-methyl/N-ethyl adjacent to an activating group) is 1. The topological polar surface area (TPSA) is 92.5 Å².